The van der Waals surface area contributed by atoms with Crippen LogP contribution >= 0.6 is 0 Å². The molecule has 2 rings (SSSR count). The van der Waals surface area contributed by atoms with Gasteiger partial charge in [0.25, 0.3) is 0 Å². The quantitative estimate of drug-likeness (QED) is 0.707. The van der Waals surface area contributed by atoms with Crippen molar-refractivity contribution in [1.29, 1.82) is 0 Å². The van der Waals surface area contributed by atoms with Crippen molar-refractivity contribution >= 4 is 0 Å². The fourth-order valence-corrected chi connectivity index (χ4v) is 1.55. The molecule has 1 aromatic carbocycles. The number of ether oxygens (including phenoxy) is 1. The molecule has 0 aromatic heterocycles. The Labute approximate surface area is 84.3 Å². The lowest BCUT2D eigenvalue weighted by Crippen LogP contribution is -2.19. The molecule has 1 atom stereocenters. The highest BCUT2D eigenvalue weighted by molar-refractivity contribution is 5.36. The molecule has 2 nitrogen and oxygen atoms in total. The van der Waals surface area contributed by atoms with Crippen molar-refractivity contribution in [2.45, 2.75) is 12.5 Å². The SMILES string of the molecule is C#Cc1ccc(OC2CCNC2)cc1. The van der Waals surface area contributed by atoms with E-state index >= 15 is 0 Å². The van der Waals surface area contributed by atoms with Gasteiger partial charge in [0, 0.05) is 12.1 Å². The molecule has 1 unspecified atom stereocenters. The highest BCUT2D eigenvalue weighted by Gasteiger charge is 2.15. The Kier molecular flexibility index (Phi) is 2.71. The fourth-order valence-electron chi connectivity index (χ4n) is 1.55. The lowest BCUT2D eigenvalue weighted by atomic mass is 10.2. The maximum Gasteiger partial charge on any atom is 0.119 e. The van der Waals surface area contributed by atoms with E-state index in [0.717, 1.165) is 30.8 Å². The van der Waals surface area contributed by atoms with Crippen molar-refractivity contribution in [3.8, 4) is 18.1 Å². The predicted molar refractivity (Wildman–Crippen MR) is 56.3 cm³/mol. The minimum Gasteiger partial charge on any atom is -0.489 e. The van der Waals surface area contributed by atoms with Crippen molar-refractivity contribution < 1.29 is 4.74 Å². The molecular weight excluding hydrogens is 174 g/mol. The Morgan fingerprint density at radius 2 is 2.14 bits per heavy atom. The molecular formula is C12H13NO. The smallest absolute Gasteiger partial charge is 0.119 e. The van der Waals surface area contributed by atoms with Crippen molar-refractivity contribution in [1.82, 2.24) is 5.32 Å². The maximum atomic E-state index is 5.74. The van der Waals surface area contributed by atoms with Crippen molar-refractivity contribution in [3.05, 3.63) is 29.8 Å². The van der Waals surface area contributed by atoms with Gasteiger partial charge in [0.05, 0.1) is 0 Å². The largest absolute Gasteiger partial charge is 0.489 e. The summed E-state index contributed by atoms with van der Waals surface area (Å²) in [7, 11) is 0. The van der Waals surface area contributed by atoms with Crippen LogP contribution in [0.4, 0.5) is 0 Å². The van der Waals surface area contributed by atoms with Crippen LogP contribution in [0.15, 0.2) is 24.3 Å². The summed E-state index contributed by atoms with van der Waals surface area (Å²) in [6.07, 6.45) is 6.65. The zero-order chi connectivity index (χ0) is 9.80. The van der Waals surface area contributed by atoms with E-state index in [1.807, 2.05) is 24.3 Å². The molecule has 1 heterocycles. The molecule has 1 aromatic rings. The summed E-state index contributed by atoms with van der Waals surface area (Å²) >= 11 is 0. The summed E-state index contributed by atoms with van der Waals surface area (Å²) in [6, 6.07) is 7.65. The Balaban J connectivity index is 1.99. The molecule has 1 N–H and O–H groups in total. The second-order valence-corrected chi connectivity index (χ2v) is 3.40. The van der Waals surface area contributed by atoms with Gasteiger partial charge in [-0.25, -0.2) is 0 Å². The maximum absolute atomic E-state index is 5.74. The van der Waals surface area contributed by atoms with Gasteiger partial charge >= 0.3 is 0 Å². The van der Waals surface area contributed by atoms with Crippen LogP contribution in [-0.2, 0) is 0 Å². The number of hydrogen-bond donors (Lipinski definition) is 1. The lowest BCUT2D eigenvalue weighted by Gasteiger charge is -2.11. The van der Waals surface area contributed by atoms with E-state index < -0.39 is 0 Å². The van der Waals surface area contributed by atoms with E-state index in [1.54, 1.807) is 0 Å². The van der Waals surface area contributed by atoms with Crippen LogP contribution in [0.1, 0.15) is 12.0 Å². The third-order valence-corrected chi connectivity index (χ3v) is 2.34. The van der Waals surface area contributed by atoms with Crippen LogP contribution in [0, 0.1) is 12.3 Å². The summed E-state index contributed by atoms with van der Waals surface area (Å²) in [6.45, 7) is 1.99. The summed E-state index contributed by atoms with van der Waals surface area (Å²) in [5.74, 6) is 3.48. The minimum atomic E-state index is 0.312. The van der Waals surface area contributed by atoms with E-state index in [2.05, 4.69) is 11.2 Å². The van der Waals surface area contributed by atoms with Gasteiger partial charge in [-0.3, -0.25) is 0 Å². The van der Waals surface area contributed by atoms with Gasteiger partial charge in [-0.2, -0.15) is 0 Å². The van der Waals surface area contributed by atoms with Crippen LogP contribution in [-0.4, -0.2) is 19.2 Å². The molecule has 0 radical (unpaired) electrons. The second-order valence-electron chi connectivity index (χ2n) is 3.40. The second kappa shape index (κ2) is 4.17. The third-order valence-electron chi connectivity index (χ3n) is 2.34. The number of terminal acetylenes is 1. The summed E-state index contributed by atoms with van der Waals surface area (Å²) in [5, 5.41) is 3.26. The first-order valence-electron chi connectivity index (χ1n) is 4.82. The van der Waals surface area contributed by atoms with Crippen LogP contribution < -0.4 is 10.1 Å². The number of nitrogens with one attached hydrogen (secondary N) is 1. The first kappa shape index (κ1) is 9.11. The van der Waals surface area contributed by atoms with Crippen LogP contribution in [0.2, 0.25) is 0 Å². The van der Waals surface area contributed by atoms with Gasteiger partial charge < -0.3 is 10.1 Å². The molecule has 0 amide bonds. The molecule has 14 heavy (non-hydrogen) atoms. The molecule has 0 aliphatic carbocycles. The predicted octanol–water partition coefficient (Wildman–Crippen LogP) is 1.41. The molecule has 72 valence electrons. The van der Waals surface area contributed by atoms with E-state index in [9.17, 15) is 0 Å². The topological polar surface area (TPSA) is 21.3 Å². The van der Waals surface area contributed by atoms with Gasteiger partial charge in [0.2, 0.25) is 0 Å². The fraction of sp³-hybridized carbons (Fsp3) is 0.333. The Hall–Kier alpha value is -1.46. The van der Waals surface area contributed by atoms with E-state index in [-0.39, 0.29) is 0 Å². The van der Waals surface area contributed by atoms with E-state index in [4.69, 9.17) is 11.2 Å². The zero-order valence-electron chi connectivity index (χ0n) is 7.99. The molecule has 1 saturated heterocycles. The summed E-state index contributed by atoms with van der Waals surface area (Å²) in [4.78, 5) is 0. The molecule has 1 fully saturated rings. The average molecular weight is 187 g/mol. The molecule has 0 saturated carbocycles. The standard InChI is InChI=1S/C12H13NO/c1-2-10-3-5-11(6-4-10)14-12-7-8-13-9-12/h1,3-6,12-13H,7-9H2. The van der Waals surface area contributed by atoms with Gasteiger partial charge in [-0.15, -0.1) is 6.42 Å². The van der Waals surface area contributed by atoms with Gasteiger partial charge in [-0.1, -0.05) is 5.92 Å². The van der Waals surface area contributed by atoms with E-state index in [0.29, 0.717) is 6.10 Å². The first-order chi connectivity index (χ1) is 6.88. The van der Waals surface area contributed by atoms with Gasteiger partial charge in [0.1, 0.15) is 11.9 Å². The van der Waals surface area contributed by atoms with Gasteiger partial charge in [0.15, 0.2) is 0 Å². The van der Waals surface area contributed by atoms with E-state index in [1.165, 1.54) is 0 Å². The zero-order valence-corrected chi connectivity index (χ0v) is 7.99. The number of benzene rings is 1. The molecule has 1 aliphatic rings. The van der Waals surface area contributed by atoms with Crippen LogP contribution in [0.25, 0.3) is 0 Å². The molecule has 0 bridgehead atoms. The first-order valence-corrected chi connectivity index (χ1v) is 4.82. The highest BCUT2D eigenvalue weighted by atomic mass is 16.5. The van der Waals surface area contributed by atoms with Crippen LogP contribution in [0.3, 0.4) is 0 Å². The van der Waals surface area contributed by atoms with Crippen molar-refractivity contribution in [3.63, 3.8) is 0 Å². The highest BCUT2D eigenvalue weighted by Crippen LogP contribution is 2.15. The summed E-state index contributed by atoms with van der Waals surface area (Å²) in [5.41, 5.74) is 0.891. The number of rotatable bonds is 2. The Morgan fingerprint density at radius 1 is 1.36 bits per heavy atom. The van der Waals surface area contributed by atoms with Crippen LogP contribution in [0.5, 0.6) is 5.75 Å². The monoisotopic (exact) mass is 187 g/mol. The molecule has 1 aliphatic heterocycles. The average Bonchev–Trinajstić information content (AvgIpc) is 2.72. The lowest BCUT2D eigenvalue weighted by molar-refractivity contribution is 0.223. The Morgan fingerprint density at radius 3 is 2.71 bits per heavy atom. The molecule has 0 spiro atoms. The van der Waals surface area contributed by atoms with Gasteiger partial charge in [-0.05, 0) is 37.2 Å². The normalized spacial score (nSPS) is 20.4. The minimum absolute atomic E-state index is 0.312. The van der Waals surface area contributed by atoms with Crippen molar-refractivity contribution in [2.24, 2.45) is 0 Å². The molecule has 2 heteroatoms. The summed E-state index contributed by atoms with van der Waals surface area (Å²) < 4.78 is 5.74. The van der Waals surface area contributed by atoms with Crippen molar-refractivity contribution in [2.75, 3.05) is 13.1 Å². The Bertz CT molecular complexity index is 330. The number of hydrogen-bond acceptors (Lipinski definition) is 2. The third kappa shape index (κ3) is 2.07.